The predicted molar refractivity (Wildman–Crippen MR) is 123 cm³/mol. The second kappa shape index (κ2) is 10.2. The van der Waals surface area contributed by atoms with Crippen LogP contribution in [-0.4, -0.2) is 50.5 Å². The van der Waals surface area contributed by atoms with Crippen molar-refractivity contribution in [1.82, 2.24) is 15.5 Å². The van der Waals surface area contributed by atoms with E-state index in [9.17, 15) is 4.79 Å². The first-order chi connectivity index (χ1) is 16.1. The van der Waals surface area contributed by atoms with E-state index in [4.69, 9.17) is 18.7 Å². The lowest BCUT2D eigenvalue weighted by atomic mass is 9.97. The first-order valence-electron chi connectivity index (χ1n) is 10.8. The minimum Gasteiger partial charge on any atom is -0.497 e. The molecule has 9 heteroatoms. The zero-order valence-electron chi connectivity index (χ0n) is 19.0. The molecule has 1 atom stereocenters. The Balaban J connectivity index is 1.38. The van der Waals surface area contributed by atoms with Gasteiger partial charge in [-0.15, -0.1) is 0 Å². The molecule has 1 aromatic heterocycles. The summed E-state index contributed by atoms with van der Waals surface area (Å²) in [5.74, 6) is 2.50. The molecule has 2 aromatic carbocycles. The number of nitrogens with zero attached hydrogens (tertiary/aromatic N) is 3. The number of anilines is 1. The van der Waals surface area contributed by atoms with Crippen LogP contribution in [0.5, 0.6) is 17.2 Å². The van der Waals surface area contributed by atoms with Crippen LogP contribution >= 0.6 is 0 Å². The molecule has 1 aliphatic rings. The van der Waals surface area contributed by atoms with Gasteiger partial charge in [-0.25, -0.2) is 0 Å². The van der Waals surface area contributed by atoms with E-state index in [0.717, 1.165) is 36.3 Å². The smallest absolute Gasteiger partial charge is 0.324 e. The van der Waals surface area contributed by atoms with Crippen LogP contribution in [0.1, 0.15) is 18.4 Å². The zero-order valence-corrected chi connectivity index (χ0v) is 19.0. The maximum absolute atomic E-state index is 12.9. The highest BCUT2D eigenvalue weighted by Gasteiger charge is 2.28. The zero-order chi connectivity index (χ0) is 23.2. The van der Waals surface area contributed by atoms with Gasteiger partial charge < -0.3 is 29.0 Å². The molecule has 9 nitrogen and oxygen atoms in total. The monoisotopic (exact) mass is 452 g/mol. The summed E-state index contributed by atoms with van der Waals surface area (Å²) in [7, 11) is 4.84. The molecular formula is C24H28N4O5. The number of amides is 1. The molecule has 4 rings (SSSR count). The van der Waals surface area contributed by atoms with E-state index in [2.05, 4.69) is 15.5 Å². The van der Waals surface area contributed by atoms with E-state index < -0.39 is 0 Å². The Morgan fingerprint density at radius 1 is 1.09 bits per heavy atom. The van der Waals surface area contributed by atoms with Crippen LogP contribution in [0.15, 0.2) is 47.0 Å². The molecule has 0 aliphatic carbocycles. The van der Waals surface area contributed by atoms with Gasteiger partial charge in [-0.05, 0) is 55.3 Å². The van der Waals surface area contributed by atoms with E-state index in [1.165, 1.54) is 0 Å². The van der Waals surface area contributed by atoms with Crippen molar-refractivity contribution < 1.29 is 23.5 Å². The lowest BCUT2D eigenvalue weighted by molar-refractivity contribution is -0.125. The first-order valence-corrected chi connectivity index (χ1v) is 10.8. The third-order valence-electron chi connectivity index (χ3n) is 5.77. The van der Waals surface area contributed by atoms with Crippen molar-refractivity contribution in [2.45, 2.75) is 19.4 Å². The van der Waals surface area contributed by atoms with Crippen molar-refractivity contribution in [2.75, 3.05) is 39.3 Å². The van der Waals surface area contributed by atoms with E-state index in [1.807, 2.05) is 47.4 Å². The summed E-state index contributed by atoms with van der Waals surface area (Å²) < 4.78 is 21.4. The van der Waals surface area contributed by atoms with Gasteiger partial charge in [0.25, 0.3) is 0 Å². The normalized spacial score (nSPS) is 15.7. The highest BCUT2D eigenvalue weighted by Crippen LogP contribution is 2.27. The molecule has 1 saturated heterocycles. The van der Waals surface area contributed by atoms with E-state index in [-0.39, 0.29) is 11.8 Å². The van der Waals surface area contributed by atoms with E-state index in [1.54, 1.807) is 21.3 Å². The average molecular weight is 453 g/mol. The number of methoxy groups -OCH3 is 3. The Labute approximate surface area is 192 Å². The van der Waals surface area contributed by atoms with Gasteiger partial charge in [0.1, 0.15) is 17.2 Å². The van der Waals surface area contributed by atoms with Crippen LogP contribution in [0, 0.1) is 5.92 Å². The van der Waals surface area contributed by atoms with Crippen LogP contribution in [0.4, 0.5) is 6.01 Å². The van der Waals surface area contributed by atoms with Crippen LogP contribution < -0.4 is 24.4 Å². The highest BCUT2D eigenvalue weighted by molar-refractivity contribution is 5.79. The predicted octanol–water partition coefficient (Wildman–Crippen LogP) is 3.30. The fraction of sp³-hybridized carbons (Fsp3) is 0.375. The van der Waals surface area contributed by atoms with Crippen molar-refractivity contribution >= 4 is 11.9 Å². The number of ether oxygens (including phenoxy) is 3. The molecule has 3 aromatic rings. The van der Waals surface area contributed by atoms with Gasteiger partial charge in [0.2, 0.25) is 11.7 Å². The number of aromatic nitrogens is 2. The maximum Gasteiger partial charge on any atom is 0.324 e. The van der Waals surface area contributed by atoms with Crippen molar-refractivity contribution in [3.05, 3.63) is 48.0 Å². The van der Waals surface area contributed by atoms with Gasteiger partial charge in [0.15, 0.2) is 0 Å². The second-order valence-electron chi connectivity index (χ2n) is 7.81. The Morgan fingerprint density at radius 2 is 1.85 bits per heavy atom. The molecule has 2 heterocycles. The van der Waals surface area contributed by atoms with Crippen molar-refractivity contribution in [3.63, 3.8) is 0 Å². The number of piperidine rings is 1. The summed E-state index contributed by atoms with van der Waals surface area (Å²) in [5, 5.41) is 7.13. The fourth-order valence-corrected chi connectivity index (χ4v) is 3.91. The maximum atomic E-state index is 12.9. The molecule has 174 valence electrons. The second-order valence-corrected chi connectivity index (χ2v) is 7.81. The summed E-state index contributed by atoms with van der Waals surface area (Å²) in [6.45, 7) is 1.64. The number of hydrogen-bond donors (Lipinski definition) is 1. The Kier molecular flexibility index (Phi) is 6.97. The number of benzene rings is 2. The topological polar surface area (TPSA) is 99.0 Å². The molecule has 1 fully saturated rings. The average Bonchev–Trinajstić information content (AvgIpc) is 3.37. The lowest BCUT2D eigenvalue weighted by Crippen LogP contribution is -2.43. The fourth-order valence-electron chi connectivity index (χ4n) is 3.91. The number of carbonyl (C=O) groups excluding carboxylic acids is 1. The molecule has 0 unspecified atom stereocenters. The van der Waals surface area contributed by atoms with Crippen molar-refractivity contribution in [2.24, 2.45) is 5.92 Å². The van der Waals surface area contributed by atoms with Crippen molar-refractivity contribution in [1.29, 1.82) is 0 Å². The lowest BCUT2D eigenvalue weighted by Gasteiger charge is -2.30. The molecule has 1 aliphatic heterocycles. The summed E-state index contributed by atoms with van der Waals surface area (Å²) >= 11 is 0. The summed E-state index contributed by atoms with van der Waals surface area (Å²) in [6, 6.07) is 13.4. The molecule has 0 spiro atoms. The minimum absolute atomic E-state index is 0.0144. The van der Waals surface area contributed by atoms with Gasteiger partial charge in [0, 0.05) is 30.8 Å². The van der Waals surface area contributed by atoms with Crippen molar-refractivity contribution in [3.8, 4) is 28.6 Å². The largest absolute Gasteiger partial charge is 0.497 e. The van der Waals surface area contributed by atoms with Gasteiger partial charge in [-0.3, -0.25) is 4.79 Å². The first kappa shape index (κ1) is 22.4. The van der Waals surface area contributed by atoms with Crippen LogP contribution in [0.2, 0.25) is 0 Å². The number of rotatable bonds is 8. The van der Waals surface area contributed by atoms with Gasteiger partial charge >= 0.3 is 6.01 Å². The molecule has 0 bridgehead atoms. The SMILES string of the molecule is COc1ccc(-c2noc(N3CCC[C@@H](C(=O)NCc4cc(OC)ccc4OC)C3)n2)cc1. The molecule has 33 heavy (non-hydrogen) atoms. The quantitative estimate of drug-likeness (QED) is 0.556. The standard InChI is InChI=1S/C24H28N4O5/c1-30-19-8-6-16(7-9-19)22-26-24(33-27-22)28-12-4-5-17(15-28)23(29)25-14-18-13-20(31-2)10-11-21(18)32-3/h6-11,13,17H,4-5,12,14-15H2,1-3H3,(H,25,29)/t17-/m1/s1. The number of nitrogens with one attached hydrogen (secondary N) is 1. The molecule has 1 amide bonds. The summed E-state index contributed by atoms with van der Waals surface area (Å²) in [4.78, 5) is 19.4. The van der Waals surface area contributed by atoms with Crippen LogP contribution in [0.3, 0.4) is 0 Å². The number of hydrogen-bond acceptors (Lipinski definition) is 8. The summed E-state index contributed by atoms with van der Waals surface area (Å²) in [6.07, 6.45) is 1.66. The number of carbonyl (C=O) groups is 1. The van der Waals surface area contributed by atoms with Gasteiger partial charge in [0.05, 0.1) is 27.2 Å². The van der Waals surface area contributed by atoms with Gasteiger partial charge in [-0.1, -0.05) is 5.16 Å². The van der Waals surface area contributed by atoms with E-state index in [0.29, 0.717) is 36.4 Å². The Hall–Kier alpha value is -3.75. The van der Waals surface area contributed by atoms with Crippen LogP contribution in [-0.2, 0) is 11.3 Å². The molecule has 1 N–H and O–H groups in total. The molecule has 0 radical (unpaired) electrons. The third kappa shape index (κ3) is 5.19. The minimum atomic E-state index is -0.174. The Bertz CT molecular complexity index is 1080. The van der Waals surface area contributed by atoms with E-state index >= 15 is 0 Å². The van der Waals surface area contributed by atoms with Gasteiger partial charge in [-0.2, -0.15) is 4.98 Å². The third-order valence-corrected chi connectivity index (χ3v) is 5.77. The van der Waals surface area contributed by atoms with Crippen LogP contribution in [0.25, 0.3) is 11.4 Å². The highest BCUT2D eigenvalue weighted by atomic mass is 16.5. The molecular weight excluding hydrogens is 424 g/mol. The Morgan fingerprint density at radius 3 is 2.58 bits per heavy atom. The molecule has 0 saturated carbocycles. The summed E-state index contributed by atoms with van der Waals surface area (Å²) in [5.41, 5.74) is 1.70.